The van der Waals surface area contributed by atoms with Crippen LogP contribution in [0.4, 0.5) is 0 Å². The van der Waals surface area contributed by atoms with Crippen molar-refractivity contribution in [3.05, 3.63) is 51.3 Å². The van der Waals surface area contributed by atoms with Gasteiger partial charge in [-0.2, -0.15) is 5.10 Å². The zero-order valence-corrected chi connectivity index (χ0v) is 13.2. The summed E-state index contributed by atoms with van der Waals surface area (Å²) in [5.74, 6) is 0. The van der Waals surface area contributed by atoms with Crippen LogP contribution in [-0.2, 0) is 13.0 Å². The van der Waals surface area contributed by atoms with Crippen molar-refractivity contribution in [3.8, 4) is 0 Å². The normalized spacial score (nSPS) is 12.7. The molecule has 0 fully saturated rings. The van der Waals surface area contributed by atoms with Crippen LogP contribution in [0.15, 0.2) is 28.7 Å². The van der Waals surface area contributed by atoms with Gasteiger partial charge in [-0.1, -0.05) is 24.3 Å². The van der Waals surface area contributed by atoms with Gasteiger partial charge in [0.1, 0.15) is 0 Å². The Morgan fingerprint density at radius 1 is 1.32 bits per heavy atom. The molecule has 3 nitrogen and oxygen atoms in total. The highest BCUT2D eigenvalue weighted by Crippen LogP contribution is 2.26. The highest BCUT2D eigenvalue weighted by atomic mass is 79.9. The first-order chi connectivity index (χ1) is 9.04. The van der Waals surface area contributed by atoms with Crippen molar-refractivity contribution in [2.45, 2.75) is 39.8 Å². The molecule has 2 N–H and O–H groups in total. The van der Waals surface area contributed by atoms with Gasteiger partial charge in [0.15, 0.2) is 0 Å². The second-order valence-electron chi connectivity index (χ2n) is 4.83. The van der Waals surface area contributed by atoms with Crippen molar-refractivity contribution in [2.75, 3.05) is 0 Å². The average Bonchev–Trinajstić information content (AvgIpc) is 2.67. The van der Waals surface area contributed by atoms with Crippen molar-refractivity contribution in [2.24, 2.45) is 5.73 Å². The van der Waals surface area contributed by atoms with Crippen LogP contribution in [0, 0.1) is 13.8 Å². The van der Waals surface area contributed by atoms with E-state index in [0.29, 0.717) is 0 Å². The molecule has 2 rings (SSSR count). The molecule has 1 aromatic carbocycles. The molecule has 19 heavy (non-hydrogen) atoms. The number of aryl methyl sites for hydroxylation is 3. The fraction of sp³-hybridized carbons (Fsp3) is 0.400. The van der Waals surface area contributed by atoms with Gasteiger partial charge in [0.2, 0.25) is 0 Å². The van der Waals surface area contributed by atoms with Crippen LogP contribution in [-0.4, -0.2) is 9.78 Å². The molecule has 0 radical (unpaired) electrons. The van der Waals surface area contributed by atoms with E-state index in [9.17, 15) is 0 Å². The van der Waals surface area contributed by atoms with Crippen molar-refractivity contribution in [3.63, 3.8) is 0 Å². The van der Waals surface area contributed by atoms with E-state index in [-0.39, 0.29) is 6.04 Å². The predicted molar refractivity (Wildman–Crippen MR) is 82.1 cm³/mol. The molecule has 1 atom stereocenters. The molecular weight excluding hydrogens is 302 g/mol. The van der Waals surface area contributed by atoms with E-state index in [2.05, 4.69) is 47.0 Å². The maximum absolute atomic E-state index is 6.37. The summed E-state index contributed by atoms with van der Waals surface area (Å²) in [4.78, 5) is 0. The van der Waals surface area contributed by atoms with Crippen molar-refractivity contribution in [1.29, 1.82) is 0 Å². The lowest BCUT2D eigenvalue weighted by Gasteiger charge is -2.15. The fourth-order valence-corrected chi connectivity index (χ4v) is 2.83. The Hall–Kier alpha value is -1.13. The lowest BCUT2D eigenvalue weighted by molar-refractivity contribution is 0.585. The van der Waals surface area contributed by atoms with Crippen LogP contribution < -0.4 is 5.73 Å². The Labute approximate surface area is 122 Å². The Balaban J connectivity index is 2.29. The number of hydrogen-bond acceptors (Lipinski definition) is 2. The van der Waals surface area contributed by atoms with Crippen LogP contribution in [0.3, 0.4) is 0 Å². The zero-order chi connectivity index (χ0) is 14.0. The van der Waals surface area contributed by atoms with Crippen LogP contribution in [0.2, 0.25) is 0 Å². The van der Waals surface area contributed by atoms with E-state index in [1.807, 2.05) is 23.7 Å². The third kappa shape index (κ3) is 2.90. The van der Waals surface area contributed by atoms with Crippen LogP contribution in [0.25, 0.3) is 0 Å². The summed E-state index contributed by atoms with van der Waals surface area (Å²) in [6.45, 7) is 7.08. The number of rotatable bonds is 4. The lowest BCUT2D eigenvalue weighted by Crippen LogP contribution is -2.17. The molecule has 1 unspecified atom stereocenters. The first-order valence-electron chi connectivity index (χ1n) is 6.57. The van der Waals surface area contributed by atoms with Crippen molar-refractivity contribution in [1.82, 2.24) is 9.78 Å². The monoisotopic (exact) mass is 321 g/mol. The third-order valence-electron chi connectivity index (χ3n) is 3.45. The number of nitrogens with two attached hydrogens (primary N) is 1. The summed E-state index contributed by atoms with van der Waals surface area (Å²) in [6, 6.07) is 8.29. The van der Waals surface area contributed by atoms with Crippen molar-refractivity contribution >= 4 is 15.9 Å². The standard InChI is InChI=1S/C15H20BrN3/c1-4-19-14(15(16)11(3)18-19)9-13(17)12-8-6-5-7-10(12)2/h5-8,13H,4,9,17H2,1-3H3. The molecule has 0 bridgehead atoms. The molecule has 0 aliphatic rings. The minimum atomic E-state index is -0.00102. The summed E-state index contributed by atoms with van der Waals surface area (Å²) in [5.41, 5.74) is 11.0. The van der Waals surface area contributed by atoms with Gasteiger partial charge in [-0.15, -0.1) is 0 Å². The number of aromatic nitrogens is 2. The van der Waals surface area contributed by atoms with Crippen LogP contribution in [0.1, 0.15) is 35.5 Å². The molecule has 0 amide bonds. The largest absolute Gasteiger partial charge is 0.324 e. The molecular formula is C15H20BrN3. The van der Waals surface area contributed by atoms with Gasteiger partial charge in [0.05, 0.1) is 15.9 Å². The van der Waals surface area contributed by atoms with E-state index in [0.717, 1.165) is 23.1 Å². The molecule has 0 saturated carbocycles. The Morgan fingerprint density at radius 3 is 2.63 bits per heavy atom. The Morgan fingerprint density at radius 2 is 2.00 bits per heavy atom. The van der Waals surface area contributed by atoms with E-state index in [1.54, 1.807) is 0 Å². The first kappa shape index (κ1) is 14.3. The lowest BCUT2D eigenvalue weighted by atomic mass is 9.98. The Bertz CT molecular complexity index is 575. The molecule has 0 aliphatic carbocycles. The van der Waals surface area contributed by atoms with Crippen LogP contribution in [0.5, 0.6) is 0 Å². The average molecular weight is 322 g/mol. The maximum Gasteiger partial charge on any atom is 0.0738 e. The van der Waals surface area contributed by atoms with Gasteiger partial charge < -0.3 is 5.73 Å². The number of hydrogen-bond donors (Lipinski definition) is 1. The van der Waals surface area contributed by atoms with Gasteiger partial charge >= 0.3 is 0 Å². The van der Waals surface area contributed by atoms with Gasteiger partial charge in [-0.3, -0.25) is 4.68 Å². The molecule has 0 aliphatic heterocycles. The molecule has 0 saturated heterocycles. The van der Waals surface area contributed by atoms with Gasteiger partial charge in [-0.05, 0) is 47.8 Å². The zero-order valence-electron chi connectivity index (χ0n) is 11.7. The third-order valence-corrected chi connectivity index (χ3v) is 4.49. The number of benzene rings is 1. The van der Waals surface area contributed by atoms with E-state index in [1.165, 1.54) is 16.8 Å². The summed E-state index contributed by atoms with van der Waals surface area (Å²) in [7, 11) is 0. The highest BCUT2D eigenvalue weighted by Gasteiger charge is 2.17. The highest BCUT2D eigenvalue weighted by molar-refractivity contribution is 9.10. The summed E-state index contributed by atoms with van der Waals surface area (Å²) in [5, 5.41) is 4.51. The fourth-order valence-electron chi connectivity index (χ4n) is 2.39. The van der Waals surface area contributed by atoms with E-state index in [4.69, 9.17) is 5.73 Å². The minimum absolute atomic E-state index is 0.00102. The van der Waals surface area contributed by atoms with Gasteiger partial charge in [0, 0.05) is 19.0 Å². The number of halogens is 1. The molecule has 1 aromatic heterocycles. The van der Waals surface area contributed by atoms with E-state index >= 15 is 0 Å². The quantitative estimate of drug-likeness (QED) is 0.936. The smallest absolute Gasteiger partial charge is 0.0738 e. The van der Waals surface area contributed by atoms with Crippen molar-refractivity contribution < 1.29 is 0 Å². The molecule has 0 spiro atoms. The summed E-state index contributed by atoms with van der Waals surface area (Å²) in [6.07, 6.45) is 0.792. The summed E-state index contributed by atoms with van der Waals surface area (Å²) < 4.78 is 3.11. The minimum Gasteiger partial charge on any atom is -0.324 e. The number of nitrogens with zero attached hydrogens (tertiary/aromatic N) is 2. The maximum atomic E-state index is 6.37. The van der Waals surface area contributed by atoms with Crippen LogP contribution >= 0.6 is 15.9 Å². The Kier molecular flexibility index (Phi) is 4.42. The predicted octanol–water partition coefficient (Wildman–Crippen LogP) is 3.52. The second-order valence-corrected chi connectivity index (χ2v) is 5.62. The van der Waals surface area contributed by atoms with Gasteiger partial charge in [0.25, 0.3) is 0 Å². The first-order valence-corrected chi connectivity index (χ1v) is 7.36. The molecule has 2 aromatic rings. The SMILES string of the molecule is CCn1nc(C)c(Br)c1CC(N)c1ccccc1C. The topological polar surface area (TPSA) is 43.8 Å². The molecule has 1 heterocycles. The molecule has 102 valence electrons. The summed E-state index contributed by atoms with van der Waals surface area (Å²) >= 11 is 3.62. The van der Waals surface area contributed by atoms with Gasteiger partial charge in [-0.25, -0.2) is 0 Å². The van der Waals surface area contributed by atoms with E-state index < -0.39 is 0 Å². The second kappa shape index (κ2) is 5.88. The molecule has 4 heteroatoms.